The van der Waals surface area contributed by atoms with Gasteiger partial charge in [0.05, 0.1) is 6.61 Å². The van der Waals surface area contributed by atoms with Gasteiger partial charge in [-0.15, -0.1) is 0 Å². The van der Waals surface area contributed by atoms with Gasteiger partial charge in [0.25, 0.3) is 0 Å². The average molecular weight is 271 g/mol. The van der Waals surface area contributed by atoms with Crippen molar-refractivity contribution in [1.29, 1.82) is 0 Å². The second-order valence-electron chi connectivity index (χ2n) is 5.49. The number of nitrogens with one attached hydrogen (secondary N) is 1. The molecule has 0 aliphatic rings. The molecule has 1 aromatic carbocycles. The van der Waals surface area contributed by atoms with Gasteiger partial charge >= 0.3 is 0 Å². The fraction of sp³-hybridized carbons (Fsp3) is 0.571. The molecule has 4 heteroatoms. The van der Waals surface area contributed by atoms with E-state index < -0.39 is 0 Å². The maximum absolute atomic E-state index is 9.03. The van der Waals surface area contributed by atoms with Crippen LogP contribution in [0.3, 0.4) is 0 Å². The lowest BCUT2D eigenvalue weighted by Gasteiger charge is -2.26. The molecule has 0 fully saturated rings. The van der Waals surface area contributed by atoms with Gasteiger partial charge in [-0.05, 0) is 32.9 Å². The van der Waals surface area contributed by atoms with Crippen LogP contribution >= 0.6 is 11.6 Å². The van der Waals surface area contributed by atoms with Crippen molar-refractivity contribution in [3.63, 3.8) is 0 Å². The number of anilines is 1. The van der Waals surface area contributed by atoms with Crippen molar-refractivity contribution >= 4 is 17.3 Å². The first-order valence-electron chi connectivity index (χ1n) is 6.19. The summed E-state index contributed by atoms with van der Waals surface area (Å²) in [5, 5.41) is 13.2. The minimum atomic E-state index is 0.0476. The molecule has 3 nitrogen and oxygen atoms in total. The molecule has 0 bridgehead atoms. The summed E-state index contributed by atoms with van der Waals surface area (Å²) in [6.07, 6.45) is 0. The fourth-order valence-corrected chi connectivity index (χ4v) is 1.94. The highest BCUT2D eigenvalue weighted by Crippen LogP contribution is 2.27. The smallest absolute Gasteiger partial charge is 0.0606 e. The van der Waals surface area contributed by atoms with Gasteiger partial charge in [-0.1, -0.05) is 17.7 Å². The molecule has 2 N–H and O–H groups in total. The van der Waals surface area contributed by atoms with Crippen LogP contribution in [0, 0.1) is 0 Å². The molecular formula is C14H23ClN2O. The molecule has 18 heavy (non-hydrogen) atoms. The summed E-state index contributed by atoms with van der Waals surface area (Å²) in [5.74, 6) is 0. The standard InChI is InChI=1S/C14H23ClN2O/c1-14(2,3)16-10-11-12(15)6-5-7-13(11)17(4)8-9-18/h5-7,16,18H,8-10H2,1-4H3. The summed E-state index contributed by atoms with van der Waals surface area (Å²) >= 11 is 6.27. The molecule has 1 aromatic rings. The Labute approximate surface area is 115 Å². The first kappa shape index (κ1) is 15.3. The Morgan fingerprint density at radius 2 is 2.00 bits per heavy atom. The number of aliphatic hydroxyl groups is 1. The van der Waals surface area contributed by atoms with Crippen molar-refractivity contribution in [2.75, 3.05) is 25.1 Å². The van der Waals surface area contributed by atoms with Crippen molar-refractivity contribution < 1.29 is 5.11 Å². The van der Waals surface area contributed by atoms with E-state index in [1.807, 2.05) is 30.1 Å². The largest absolute Gasteiger partial charge is 0.395 e. The number of hydrogen-bond donors (Lipinski definition) is 2. The lowest BCUT2D eigenvalue weighted by molar-refractivity contribution is 0.304. The van der Waals surface area contributed by atoms with Crippen LogP contribution in [0.5, 0.6) is 0 Å². The predicted molar refractivity (Wildman–Crippen MR) is 78.4 cm³/mol. The van der Waals surface area contributed by atoms with Crippen molar-refractivity contribution in [3.8, 4) is 0 Å². The molecule has 0 aromatic heterocycles. The molecule has 0 amide bonds. The molecular weight excluding hydrogens is 248 g/mol. The first-order chi connectivity index (χ1) is 8.35. The summed E-state index contributed by atoms with van der Waals surface area (Å²) in [4.78, 5) is 2.02. The minimum absolute atomic E-state index is 0.0476. The highest BCUT2D eigenvalue weighted by atomic mass is 35.5. The van der Waals surface area contributed by atoms with Crippen molar-refractivity contribution in [2.24, 2.45) is 0 Å². The molecule has 0 spiro atoms. The van der Waals surface area contributed by atoms with Crippen molar-refractivity contribution in [1.82, 2.24) is 5.32 Å². The zero-order valence-electron chi connectivity index (χ0n) is 11.6. The quantitative estimate of drug-likeness (QED) is 0.864. The lowest BCUT2D eigenvalue weighted by atomic mass is 10.1. The Kier molecular flexibility index (Phi) is 5.45. The van der Waals surface area contributed by atoms with E-state index in [2.05, 4.69) is 26.1 Å². The molecule has 0 saturated carbocycles. The fourth-order valence-electron chi connectivity index (χ4n) is 1.70. The number of nitrogens with zero attached hydrogens (tertiary/aromatic N) is 1. The third kappa shape index (κ3) is 4.48. The minimum Gasteiger partial charge on any atom is -0.395 e. The van der Waals surface area contributed by atoms with Gasteiger partial charge in [-0.2, -0.15) is 0 Å². The molecule has 1 rings (SSSR count). The third-order valence-electron chi connectivity index (χ3n) is 2.74. The maximum atomic E-state index is 9.03. The van der Waals surface area contributed by atoms with Crippen LogP contribution in [-0.2, 0) is 6.54 Å². The van der Waals surface area contributed by atoms with Crippen LogP contribution < -0.4 is 10.2 Å². The maximum Gasteiger partial charge on any atom is 0.0606 e. The van der Waals surface area contributed by atoms with Gasteiger partial charge in [0, 0.05) is 41.9 Å². The van der Waals surface area contributed by atoms with E-state index in [1.54, 1.807) is 0 Å². The number of benzene rings is 1. The van der Waals surface area contributed by atoms with Gasteiger partial charge in [-0.3, -0.25) is 0 Å². The molecule has 0 atom stereocenters. The Balaban J connectivity index is 2.93. The van der Waals surface area contributed by atoms with Crippen LogP contribution in [0.2, 0.25) is 5.02 Å². The summed E-state index contributed by atoms with van der Waals surface area (Å²) in [6, 6.07) is 5.87. The van der Waals surface area contributed by atoms with Gasteiger partial charge < -0.3 is 15.3 Å². The van der Waals surface area contributed by atoms with Crippen LogP contribution in [-0.4, -0.2) is 30.8 Å². The molecule has 0 aliphatic heterocycles. The van der Waals surface area contributed by atoms with Crippen molar-refractivity contribution in [3.05, 3.63) is 28.8 Å². The summed E-state index contributed by atoms with van der Waals surface area (Å²) < 4.78 is 0. The van der Waals surface area contributed by atoms with Crippen LogP contribution in [0.4, 0.5) is 5.69 Å². The van der Waals surface area contributed by atoms with Crippen molar-refractivity contribution in [2.45, 2.75) is 32.9 Å². The highest BCUT2D eigenvalue weighted by Gasteiger charge is 2.14. The lowest BCUT2D eigenvalue weighted by Crippen LogP contribution is -2.35. The second-order valence-corrected chi connectivity index (χ2v) is 5.89. The molecule has 0 radical (unpaired) electrons. The summed E-state index contributed by atoms with van der Waals surface area (Å²) in [5.41, 5.74) is 2.18. The Morgan fingerprint density at radius 1 is 1.33 bits per heavy atom. The second kappa shape index (κ2) is 6.41. The zero-order valence-corrected chi connectivity index (χ0v) is 12.4. The van der Waals surface area contributed by atoms with E-state index in [4.69, 9.17) is 16.7 Å². The van der Waals surface area contributed by atoms with Gasteiger partial charge in [0.15, 0.2) is 0 Å². The van der Waals surface area contributed by atoms with E-state index in [0.717, 1.165) is 16.3 Å². The molecule has 0 saturated heterocycles. The first-order valence-corrected chi connectivity index (χ1v) is 6.57. The predicted octanol–water partition coefficient (Wildman–Crippen LogP) is 2.66. The monoisotopic (exact) mass is 270 g/mol. The molecule has 0 heterocycles. The molecule has 0 unspecified atom stereocenters. The van der Waals surface area contributed by atoms with Crippen LogP contribution in [0.25, 0.3) is 0 Å². The Bertz CT molecular complexity index is 388. The third-order valence-corrected chi connectivity index (χ3v) is 3.09. The number of likely N-dealkylation sites (N-methyl/N-ethyl adjacent to an activating group) is 1. The van der Waals surface area contributed by atoms with E-state index in [0.29, 0.717) is 13.1 Å². The Hall–Kier alpha value is -0.770. The normalized spacial score (nSPS) is 11.7. The number of halogens is 1. The van der Waals surface area contributed by atoms with Crippen LogP contribution in [0.15, 0.2) is 18.2 Å². The van der Waals surface area contributed by atoms with Gasteiger partial charge in [-0.25, -0.2) is 0 Å². The highest BCUT2D eigenvalue weighted by molar-refractivity contribution is 6.31. The van der Waals surface area contributed by atoms with E-state index >= 15 is 0 Å². The molecule has 102 valence electrons. The summed E-state index contributed by atoms with van der Waals surface area (Å²) in [7, 11) is 1.96. The average Bonchev–Trinajstić information content (AvgIpc) is 2.26. The molecule has 0 aliphatic carbocycles. The van der Waals surface area contributed by atoms with Gasteiger partial charge in [0.1, 0.15) is 0 Å². The zero-order chi connectivity index (χ0) is 13.8. The topological polar surface area (TPSA) is 35.5 Å². The van der Waals surface area contributed by atoms with Crippen LogP contribution in [0.1, 0.15) is 26.3 Å². The number of hydrogen-bond acceptors (Lipinski definition) is 3. The number of rotatable bonds is 5. The SMILES string of the molecule is CN(CCO)c1cccc(Cl)c1CNC(C)(C)C. The summed E-state index contributed by atoms with van der Waals surface area (Å²) in [6.45, 7) is 7.83. The van der Waals surface area contributed by atoms with E-state index in [-0.39, 0.29) is 12.1 Å². The van der Waals surface area contributed by atoms with Gasteiger partial charge in [0.2, 0.25) is 0 Å². The Morgan fingerprint density at radius 3 is 2.56 bits per heavy atom. The van der Waals surface area contributed by atoms with E-state index in [1.165, 1.54) is 0 Å². The number of aliphatic hydroxyl groups excluding tert-OH is 1. The van der Waals surface area contributed by atoms with E-state index in [9.17, 15) is 0 Å².